The molecule has 0 saturated carbocycles. The third-order valence-electron chi connectivity index (χ3n) is 5.44. The predicted molar refractivity (Wildman–Crippen MR) is 131 cm³/mol. The Hall–Kier alpha value is -3.57. The fraction of sp³-hybridized carbons (Fsp3) is 0.240. The summed E-state index contributed by atoms with van der Waals surface area (Å²) >= 11 is 0.998. The van der Waals surface area contributed by atoms with Crippen LogP contribution in [0, 0.1) is 23.4 Å². The molecule has 3 N–H and O–H groups in total. The molecule has 1 aliphatic heterocycles. The lowest BCUT2D eigenvalue weighted by molar-refractivity contribution is -0.121. The maximum absolute atomic E-state index is 13.9. The Morgan fingerprint density at radius 3 is 2.56 bits per heavy atom. The van der Waals surface area contributed by atoms with Gasteiger partial charge in [0.1, 0.15) is 10.8 Å². The number of nitrogens with two attached hydrogens (primary N) is 1. The lowest BCUT2D eigenvalue weighted by Gasteiger charge is -2.32. The zero-order valence-electron chi connectivity index (χ0n) is 19.4. The molecule has 2 amide bonds. The molecule has 190 valence electrons. The van der Waals surface area contributed by atoms with E-state index in [0.717, 1.165) is 18.0 Å². The van der Waals surface area contributed by atoms with Crippen molar-refractivity contribution >= 4 is 29.4 Å². The van der Waals surface area contributed by atoms with Crippen LogP contribution in [0.15, 0.2) is 65.8 Å². The molecule has 1 aromatic heterocycles. The zero-order chi connectivity index (χ0) is 26.1. The van der Waals surface area contributed by atoms with Gasteiger partial charge in [-0.1, -0.05) is 18.2 Å². The first-order valence-corrected chi connectivity index (χ1v) is 11.9. The van der Waals surface area contributed by atoms with Gasteiger partial charge in [0.15, 0.2) is 11.6 Å². The molecule has 1 saturated heterocycles. The van der Waals surface area contributed by atoms with Gasteiger partial charge in [-0.25, -0.2) is 13.8 Å². The van der Waals surface area contributed by atoms with Gasteiger partial charge >= 0.3 is 0 Å². The first kappa shape index (κ1) is 27.0. The SMILES string of the molecule is COc1cccc(F)c1F.NSc1cc(NC(=O)C2CCCN(C(=O)c3ccccc3F)C2)ccn1. The molecule has 2 heterocycles. The van der Waals surface area contributed by atoms with Crippen molar-refractivity contribution in [3.8, 4) is 5.75 Å². The van der Waals surface area contributed by atoms with Gasteiger partial charge in [0, 0.05) is 25.0 Å². The van der Waals surface area contributed by atoms with Crippen LogP contribution in [0.4, 0.5) is 18.9 Å². The number of hydrogen-bond acceptors (Lipinski definition) is 6. The summed E-state index contributed by atoms with van der Waals surface area (Å²) in [7, 11) is 1.29. The number of likely N-dealkylation sites (tertiary alicyclic amines) is 1. The summed E-state index contributed by atoms with van der Waals surface area (Å²) in [5.74, 6) is -3.35. The van der Waals surface area contributed by atoms with E-state index in [2.05, 4.69) is 15.0 Å². The van der Waals surface area contributed by atoms with Crippen molar-refractivity contribution in [1.82, 2.24) is 9.88 Å². The highest BCUT2D eigenvalue weighted by atomic mass is 32.2. The fourth-order valence-corrected chi connectivity index (χ4v) is 3.93. The number of benzene rings is 2. The Morgan fingerprint density at radius 1 is 1.11 bits per heavy atom. The number of carbonyl (C=O) groups excluding carboxylic acids is 2. The Kier molecular flexibility index (Phi) is 9.71. The number of ether oxygens (including phenoxy) is 1. The standard InChI is InChI=1S/C18H19FN4O2S.C7H6F2O/c19-15-6-2-1-5-14(15)18(25)23-9-3-4-12(11-23)17(24)22-13-7-8-21-16(10-13)26-20;1-10-6-4-2-3-5(8)7(6)9/h1-2,5-8,10,12H,3-4,9,11,20H2,(H,21,22,24);2-4H,1H3. The molecule has 36 heavy (non-hydrogen) atoms. The number of pyridine rings is 1. The van der Waals surface area contributed by atoms with Gasteiger partial charge in [0.2, 0.25) is 11.7 Å². The van der Waals surface area contributed by atoms with Gasteiger partial charge in [0.05, 0.1) is 18.6 Å². The van der Waals surface area contributed by atoms with E-state index < -0.39 is 17.5 Å². The van der Waals surface area contributed by atoms with Gasteiger partial charge in [-0.05, 0) is 61.2 Å². The van der Waals surface area contributed by atoms with E-state index in [1.165, 1.54) is 31.4 Å². The highest BCUT2D eigenvalue weighted by Crippen LogP contribution is 2.22. The quantitative estimate of drug-likeness (QED) is 0.478. The van der Waals surface area contributed by atoms with Crippen molar-refractivity contribution in [2.24, 2.45) is 11.1 Å². The molecule has 0 bridgehead atoms. The van der Waals surface area contributed by atoms with E-state index in [-0.39, 0.29) is 35.6 Å². The van der Waals surface area contributed by atoms with E-state index in [4.69, 9.17) is 5.14 Å². The zero-order valence-corrected chi connectivity index (χ0v) is 20.2. The number of piperidine rings is 1. The maximum Gasteiger partial charge on any atom is 0.256 e. The summed E-state index contributed by atoms with van der Waals surface area (Å²) in [6, 6.07) is 13.0. The molecule has 0 aliphatic carbocycles. The highest BCUT2D eigenvalue weighted by Gasteiger charge is 2.30. The van der Waals surface area contributed by atoms with Gasteiger partial charge < -0.3 is 15.0 Å². The van der Waals surface area contributed by atoms with Crippen LogP contribution in [0.3, 0.4) is 0 Å². The minimum Gasteiger partial charge on any atom is -0.494 e. The van der Waals surface area contributed by atoms with E-state index in [1.54, 1.807) is 35.4 Å². The van der Waals surface area contributed by atoms with Crippen molar-refractivity contribution in [3.05, 3.63) is 83.8 Å². The first-order valence-electron chi connectivity index (χ1n) is 11.0. The number of halogens is 3. The number of amides is 2. The third-order valence-corrected chi connectivity index (χ3v) is 5.91. The van der Waals surface area contributed by atoms with Crippen LogP contribution < -0.4 is 15.2 Å². The molecule has 3 aromatic rings. The monoisotopic (exact) mass is 518 g/mol. The van der Waals surface area contributed by atoms with Crippen LogP contribution in [0.25, 0.3) is 0 Å². The number of nitrogens with one attached hydrogen (secondary N) is 1. The molecule has 1 aliphatic rings. The number of methoxy groups -OCH3 is 1. The van der Waals surface area contributed by atoms with Crippen molar-refractivity contribution < 1.29 is 27.5 Å². The van der Waals surface area contributed by atoms with Gasteiger partial charge in [-0.3, -0.25) is 14.7 Å². The summed E-state index contributed by atoms with van der Waals surface area (Å²) in [6.45, 7) is 0.781. The van der Waals surface area contributed by atoms with Crippen molar-refractivity contribution in [3.63, 3.8) is 0 Å². The molecule has 0 radical (unpaired) electrons. The van der Waals surface area contributed by atoms with Crippen molar-refractivity contribution in [1.29, 1.82) is 0 Å². The summed E-state index contributed by atoms with van der Waals surface area (Å²) in [5, 5.41) is 8.91. The van der Waals surface area contributed by atoms with Crippen LogP contribution in [0.2, 0.25) is 0 Å². The fourth-order valence-electron chi connectivity index (χ4n) is 3.62. The van der Waals surface area contributed by atoms with Crippen molar-refractivity contribution in [2.45, 2.75) is 17.9 Å². The highest BCUT2D eigenvalue weighted by molar-refractivity contribution is 7.97. The number of hydrogen-bond donors (Lipinski definition) is 2. The number of anilines is 1. The summed E-state index contributed by atoms with van der Waals surface area (Å²) in [6.07, 6.45) is 2.94. The Balaban J connectivity index is 0.000000303. The Labute approximate surface area is 211 Å². The molecular formula is C25H25F3N4O3S. The molecule has 7 nitrogen and oxygen atoms in total. The van der Waals surface area contributed by atoms with E-state index >= 15 is 0 Å². The van der Waals surface area contributed by atoms with Crippen LogP contribution in [0.5, 0.6) is 5.75 Å². The van der Waals surface area contributed by atoms with E-state index in [9.17, 15) is 22.8 Å². The molecule has 2 aromatic carbocycles. The second kappa shape index (κ2) is 12.9. The normalized spacial score (nSPS) is 14.9. The van der Waals surface area contributed by atoms with Gasteiger partial charge in [-0.2, -0.15) is 4.39 Å². The summed E-state index contributed by atoms with van der Waals surface area (Å²) in [5.41, 5.74) is 0.641. The molecule has 11 heteroatoms. The summed E-state index contributed by atoms with van der Waals surface area (Å²) < 4.78 is 43.2. The van der Waals surface area contributed by atoms with Gasteiger partial charge in [0.25, 0.3) is 5.91 Å². The number of carbonyl (C=O) groups is 2. The van der Waals surface area contributed by atoms with E-state index in [0.29, 0.717) is 30.1 Å². The molecule has 1 atom stereocenters. The third kappa shape index (κ3) is 6.98. The topological polar surface area (TPSA) is 97.5 Å². The van der Waals surface area contributed by atoms with Gasteiger partial charge in [-0.15, -0.1) is 0 Å². The number of rotatable bonds is 5. The summed E-state index contributed by atoms with van der Waals surface area (Å²) in [4.78, 5) is 30.7. The number of nitrogens with zero attached hydrogens (tertiary/aromatic N) is 2. The molecular weight excluding hydrogens is 493 g/mol. The maximum atomic E-state index is 13.9. The second-order valence-corrected chi connectivity index (χ2v) is 8.47. The molecule has 1 fully saturated rings. The van der Waals surface area contributed by atoms with Crippen LogP contribution in [0.1, 0.15) is 23.2 Å². The number of aromatic nitrogens is 1. The van der Waals surface area contributed by atoms with Crippen molar-refractivity contribution in [2.75, 3.05) is 25.5 Å². The van der Waals surface area contributed by atoms with Crippen LogP contribution >= 0.6 is 11.9 Å². The molecule has 1 unspecified atom stereocenters. The minimum atomic E-state index is -0.940. The smallest absolute Gasteiger partial charge is 0.256 e. The Bertz CT molecular complexity index is 1210. The van der Waals surface area contributed by atoms with E-state index in [1.807, 2.05) is 0 Å². The lowest BCUT2D eigenvalue weighted by Crippen LogP contribution is -2.44. The Morgan fingerprint density at radius 2 is 1.86 bits per heavy atom. The predicted octanol–water partition coefficient (Wildman–Crippen LogP) is 4.65. The first-order chi connectivity index (χ1) is 17.3. The second-order valence-electron chi connectivity index (χ2n) is 7.82. The van der Waals surface area contributed by atoms with Crippen LogP contribution in [-0.2, 0) is 4.79 Å². The van der Waals surface area contributed by atoms with Crippen LogP contribution in [-0.4, -0.2) is 41.9 Å². The minimum absolute atomic E-state index is 0.0345. The average Bonchev–Trinajstić information content (AvgIpc) is 2.90. The lowest BCUT2D eigenvalue weighted by atomic mass is 9.96. The molecule has 4 rings (SSSR count). The molecule has 0 spiro atoms. The largest absolute Gasteiger partial charge is 0.494 e. The average molecular weight is 519 g/mol.